The highest BCUT2D eigenvalue weighted by Crippen LogP contribution is 2.19. The van der Waals surface area contributed by atoms with E-state index in [0.29, 0.717) is 0 Å². The van der Waals surface area contributed by atoms with E-state index in [1.54, 1.807) is 0 Å². The highest BCUT2D eigenvalue weighted by Gasteiger charge is 2.25. The molecule has 0 aliphatic carbocycles. The van der Waals surface area contributed by atoms with Gasteiger partial charge in [-0.15, -0.1) is 0 Å². The Labute approximate surface area is 126 Å². The van der Waals surface area contributed by atoms with Crippen molar-refractivity contribution >= 4 is 36.1 Å². The Morgan fingerprint density at radius 1 is 0.955 bits per heavy atom. The van der Waals surface area contributed by atoms with Gasteiger partial charge in [0, 0.05) is 0 Å². The van der Waals surface area contributed by atoms with Crippen molar-refractivity contribution in [3.8, 4) is 0 Å². The molecule has 0 aromatic heterocycles. The maximum Gasteiger partial charge on any atom is 0.374 e. The number of sulfone groups is 1. The van der Waals surface area contributed by atoms with E-state index in [-0.39, 0.29) is 9.31 Å². The first-order valence-electron chi connectivity index (χ1n) is 5.33. The fourth-order valence-corrected chi connectivity index (χ4v) is 3.75. The van der Waals surface area contributed by atoms with Gasteiger partial charge in [0.25, 0.3) is 0 Å². The summed E-state index contributed by atoms with van der Waals surface area (Å²) in [5.74, 6) is -0.558. The number of aliphatic hydroxyl groups is 1. The predicted octanol–water partition coefficient (Wildman–Crippen LogP) is -1.63. The fourth-order valence-electron chi connectivity index (χ4n) is 1.36. The Morgan fingerprint density at radius 2 is 1.45 bits per heavy atom. The Balaban J connectivity index is 3.25. The molecular formula is C8H12N2O9S3. The molecule has 11 nitrogen and oxygen atoms in total. The molecule has 0 fully saturated rings. The summed E-state index contributed by atoms with van der Waals surface area (Å²) in [4.78, 5) is 0.873. The molecule has 0 saturated heterocycles. The summed E-state index contributed by atoms with van der Waals surface area (Å²) >= 11 is 0. The highest BCUT2D eigenvalue weighted by molar-refractivity contribution is 7.91. The molecule has 0 saturated carbocycles. The minimum absolute atomic E-state index is 0.257. The zero-order valence-corrected chi connectivity index (χ0v) is 13.1. The minimum Gasteiger partial charge on any atom is -0.395 e. The molecule has 0 unspecified atom stereocenters. The second-order valence-corrected chi connectivity index (χ2v) is 8.35. The molecule has 0 amide bonds. The molecule has 126 valence electrons. The highest BCUT2D eigenvalue weighted by atomic mass is 32.2. The molecule has 0 bridgehead atoms. The Bertz CT molecular complexity index is 827. The van der Waals surface area contributed by atoms with Crippen LogP contribution in [0, 0.1) is 0 Å². The maximum atomic E-state index is 11.6. The third kappa shape index (κ3) is 5.16. The van der Waals surface area contributed by atoms with Crippen LogP contribution < -0.4 is 9.25 Å². The third-order valence-electron chi connectivity index (χ3n) is 2.22. The van der Waals surface area contributed by atoms with Crippen LogP contribution in [0.5, 0.6) is 0 Å². The number of nitrogens with zero attached hydrogens (tertiary/aromatic N) is 1. The monoisotopic (exact) mass is 376 g/mol. The van der Waals surface area contributed by atoms with Crippen molar-refractivity contribution < 1.29 is 39.5 Å². The zero-order valence-electron chi connectivity index (χ0n) is 10.7. The van der Waals surface area contributed by atoms with Gasteiger partial charge in [0.2, 0.25) is 0 Å². The summed E-state index contributed by atoms with van der Waals surface area (Å²) in [6.45, 7) is -0.620. The van der Waals surface area contributed by atoms with Crippen LogP contribution in [0.15, 0.2) is 29.2 Å². The number of aliphatic hydroxyl groups excluding tert-OH is 1. The van der Waals surface area contributed by atoms with Crippen LogP contribution in [-0.4, -0.2) is 51.8 Å². The molecule has 0 radical (unpaired) electrons. The van der Waals surface area contributed by atoms with Crippen LogP contribution in [-0.2, 0) is 30.4 Å². The largest absolute Gasteiger partial charge is 0.395 e. The number of hydrazine groups is 1. The van der Waals surface area contributed by atoms with E-state index in [4.69, 9.17) is 14.2 Å². The Morgan fingerprint density at radius 3 is 1.82 bits per heavy atom. The lowest BCUT2D eigenvalue weighted by atomic mass is 10.3. The van der Waals surface area contributed by atoms with Crippen LogP contribution in [0.1, 0.15) is 0 Å². The van der Waals surface area contributed by atoms with Gasteiger partial charge in [0.05, 0.1) is 22.9 Å². The molecule has 0 aliphatic rings. The van der Waals surface area contributed by atoms with Crippen LogP contribution in [0.4, 0.5) is 5.69 Å². The van der Waals surface area contributed by atoms with Crippen molar-refractivity contribution in [1.29, 1.82) is 0 Å². The fraction of sp³-hybridized carbons (Fsp3) is 0.250. The van der Waals surface area contributed by atoms with Crippen molar-refractivity contribution in [3.05, 3.63) is 24.3 Å². The second-order valence-electron chi connectivity index (χ2n) is 3.84. The van der Waals surface area contributed by atoms with Crippen molar-refractivity contribution in [2.45, 2.75) is 4.90 Å². The van der Waals surface area contributed by atoms with Crippen molar-refractivity contribution in [2.75, 3.05) is 16.8 Å². The third-order valence-corrected chi connectivity index (χ3v) is 5.22. The minimum atomic E-state index is -5.12. The van der Waals surface area contributed by atoms with E-state index in [0.717, 1.165) is 29.1 Å². The maximum absolute atomic E-state index is 11.6. The number of rotatable bonds is 7. The quantitative estimate of drug-likeness (QED) is 0.321. The van der Waals surface area contributed by atoms with Gasteiger partial charge in [-0.05, 0) is 24.3 Å². The first-order valence-corrected chi connectivity index (χ1v) is 9.82. The Hall–Kier alpha value is -1.29. The van der Waals surface area contributed by atoms with Crippen LogP contribution >= 0.6 is 0 Å². The van der Waals surface area contributed by atoms with Gasteiger partial charge < -0.3 is 5.11 Å². The lowest BCUT2D eigenvalue weighted by Crippen LogP contribution is -2.45. The van der Waals surface area contributed by atoms with Gasteiger partial charge in [-0.3, -0.25) is 9.11 Å². The van der Waals surface area contributed by atoms with Gasteiger partial charge in [-0.25, -0.2) is 8.42 Å². The Kier molecular flexibility index (Phi) is 5.50. The normalized spacial score (nSPS) is 13.0. The molecule has 4 N–H and O–H groups in total. The number of nitrogens with one attached hydrogen (secondary N) is 1. The van der Waals surface area contributed by atoms with Crippen LogP contribution in [0.2, 0.25) is 0 Å². The van der Waals surface area contributed by atoms with Gasteiger partial charge in [-0.2, -0.15) is 21.2 Å². The zero-order chi connectivity index (χ0) is 17.2. The van der Waals surface area contributed by atoms with Crippen molar-refractivity contribution in [2.24, 2.45) is 0 Å². The summed E-state index contributed by atoms with van der Waals surface area (Å²) in [5, 5.41) is 8.64. The molecule has 1 aromatic rings. The van der Waals surface area contributed by atoms with E-state index < -0.39 is 48.5 Å². The first kappa shape index (κ1) is 18.8. The molecule has 0 heterocycles. The van der Waals surface area contributed by atoms with Gasteiger partial charge >= 0.3 is 20.6 Å². The first-order chi connectivity index (χ1) is 9.87. The SMILES string of the molecule is O=S(=O)(O)NN(c1ccc(S(=O)(=O)CCO)cc1)S(=O)(=O)O. The number of benzene rings is 1. The smallest absolute Gasteiger partial charge is 0.374 e. The molecule has 1 aromatic carbocycles. The number of hydrogen-bond acceptors (Lipinski definition) is 7. The predicted molar refractivity (Wildman–Crippen MR) is 74.3 cm³/mol. The molecule has 0 spiro atoms. The van der Waals surface area contributed by atoms with E-state index in [1.165, 1.54) is 0 Å². The number of hydrogen-bond donors (Lipinski definition) is 4. The van der Waals surface area contributed by atoms with E-state index in [2.05, 4.69) is 0 Å². The van der Waals surface area contributed by atoms with E-state index in [1.807, 2.05) is 0 Å². The second kappa shape index (κ2) is 6.45. The van der Waals surface area contributed by atoms with E-state index >= 15 is 0 Å². The molecule has 1 rings (SSSR count). The average Bonchev–Trinajstić information content (AvgIpc) is 2.34. The summed E-state index contributed by atoms with van der Waals surface area (Å²) < 4.78 is 84.0. The van der Waals surface area contributed by atoms with Gasteiger partial charge in [0.1, 0.15) is 0 Å². The van der Waals surface area contributed by atoms with Crippen molar-refractivity contribution in [3.63, 3.8) is 0 Å². The van der Waals surface area contributed by atoms with Crippen LogP contribution in [0.25, 0.3) is 0 Å². The molecule has 22 heavy (non-hydrogen) atoms. The molecular weight excluding hydrogens is 364 g/mol. The topological polar surface area (TPSA) is 178 Å². The average molecular weight is 376 g/mol. The summed E-state index contributed by atoms with van der Waals surface area (Å²) in [6, 6.07) is 3.61. The standard InChI is InChI=1S/C8H12N2O9S3/c11-5-6-20(12,13)8-3-1-7(2-4-8)10(22(17,18)19)9-21(14,15)16/h1-4,9,11H,5-6H2,(H,14,15,16)(H,17,18,19). The summed E-state index contributed by atoms with van der Waals surface area (Å²) in [6.07, 6.45) is 0. The van der Waals surface area contributed by atoms with Crippen LogP contribution in [0.3, 0.4) is 0 Å². The summed E-state index contributed by atoms with van der Waals surface area (Å²) in [5.41, 5.74) is -0.483. The van der Waals surface area contributed by atoms with Gasteiger partial charge in [-0.1, -0.05) is 4.83 Å². The lowest BCUT2D eigenvalue weighted by Gasteiger charge is -2.19. The van der Waals surface area contributed by atoms with Gasteiger partial charge in [0.15, 0.2) is 9.84 Å². The van der Waals surface area contributed by atoms with E-state index in [9.17, 15) is 25.3 Å². The summed E-state index contributed by atoms with van der Waals surface area (Å²) in [7, 11) is -13.9. The molecule has 0 aliphatic heterocycles. The van der Waals surface area contributed by atoms with Crippen molar-refractivity contribution in [1.82, 2.24) is 4.83 Å². The number of anilines is 1. The molecule has 0 atom stereocenters. The molecule has 14 heteroatoms. The lowest BCUT2D eigenvalue weighted by molar-refractivity contribution is 0.319.